The lowest BCUT2D eigenvalue weighted by Gasteiger charge is -2.25. The molecule has 1 saturated carbocycles. The SMILES string of the molecule is c1ccc2c(c1)CCCC2Cn1ccc(CNC2CC2)c1. The Hall–Kier alpha value is -1.54. The van der Waals surface area contributed by atoms with Gasteiger partial charge in [0.15, 0.2) is 0 Å². The molecule has 21 heavy (non-hydrogen) atoms. The molecule has 1 N–H and O–H groups in total. The summed E-state index contributed by atoms with van der Waals surface area (Å²) in [6.07, 6.45) is 11.2. The number of fused-ring (bicyclic) bond motifs is 1. The smallest absolute Gasteiger partial charge is 0.0288 e. The molecule has 0 saturated heterocycles. The predicted molar refractivity (Wildman–Crippen MR) is 86.4 cm³/mol. The van der Waals surface area contributed by atoms with Crippen molar-refractivity contribution in [2.45, 2.75) is 57.2 Å². The van der Waals surface area contributed by atoms with E-state index in [9.17, 15) is 0 Å². The molecular weight excluding hydrogens is 256 g/mol. The summed E-state index contributed by atoms with van der Waals surface area (Å²) < 4.78 is 2.39. The Kier molecular flexibility index (Phi) is 3.56. The van der Waals surface area contributed by atoms with Crippen LogP contribution in [0.3, 0.4) is 0 Å². The molecule has 1 heterocycles. The van der Waals surface area contributed by atoms with E-state index in [0.29, 0.717) is 5.92 Å². The number of aryl methyl sites for hydroxylation is 1. The highest BCUT2D eigenvalue weighted by molar-refractivity contribution is 5.32. The standard InChI is InChI=1S/C19H24N2/c1-2-7-19-16(4-1)5-3-6-17(19)14-21-11-10-15(13-21)12-20-18-8-9-18/h1-2,4,7,10-11,13,17-18,20H,3,5-6,8-9,12,14H2. The second kappa shape index (κ2) is 5.69. The highest BCUT2D eigenvalue weighted by atomic mass is 15.0. The first-order valence-electron chi connectivity index (χ1n) is 8.34. The number of rotatable bonds is 5. The molecular formula is C19H24N2. The summed E-state index contributed by atoms with van der Waals surface area (Å²) in [7, 11) is 0. The minimum Gasteiger partial charge on any atom is -0.353 e. The molecule has 2 heteroatoms. The van der Waals surface area contributed by atoms with E-state index in [4.69, 9.17) is 0 Å². The molecule has 0 amide bonds. The van der Waals surface area contributed by atoms with Crippen LogP contribution in [0.25, 0.3) is 0 Å². The third kappa shape index (κ3) is 3.06. The highest BCUT2D eigenvalue weighted by Gasteiger charge is 2.21. The Morgan fingerprint density at radius 3 is 2.90 bits per heavy atom. The van der Waals surface area contributed by atoms with Gasteiger partial charge in [-0.05, 0) is 54.9 Å². The van der Waals surface area contributed by atoms with Crippen molar-refractivity contribution >= 4 is 0 Å². The van der Waals surface area contributed by atoms with Gasteiger partial charge in [0.1, 0.15) is 0 Å². The predicted octanol–water partition coefficient (Wildman–Crippen LogP) is 3.86. The fraction of sp³-hybridized carbons (Fsp3) is 0.474. The Labute approximate surface area is 127 Å². The second-order valence-corrected chi connectivity index (χ2v) is 6.66. The Morgan fingerprint density at radius 1 is 1.10 bits per heavy atom. The zero-order chi connectivity index (χ0) is 14.1. The molecule has 1 unspecified atom stereocenters. The number of benzene rings is 1. The molecule has 1 atom stereocenters. The summed E-state index contributed by atoms with van der Waals surface area (Å²) in [5.74, 6) is 0.687. The molecule has 0 bridgehead atoms. The number of hydrogen-bond acceptors (Lipinski definition) is 1. The quantitative estimate of drug-likeness (QED) is 0.880. The van der Waals surface area contributed by atoms with Crippen molar-refractivity contribution in [1.82, 2.24) is 9.88 Å². The average molecular weight is 280 g/mol. The number of hydrogen-bond donors (Lipinski definition) is 1. The Balaban J connectivity index is 1.44. The minimum absolute atomic E-state index is 0.687. The average Bonchev–Trinajstić information content (AvgIpc) is 3.25. The van der Waals surface area contributed by atoms with Gasteiger partial charge in [-0.25, -0.2) is 0 Å². The third-order valence-electron chi connectivity index (χ3n) is 4.91. The molecule has 2 aliphatic rings. The summed E-state index contributed by atoms with van der Waals surface area (Å²) in [6.45, 7) is 2.15. The van der Waals surface area contributed by atoms with Crippen LogP contribution in [0, 0.1) is 0 Å². The van der Waals surface area contributed by atoms with Crippen molar-refractivity contribution in [1.29, 1.82) is 0 Å². The molecule has 0 aliphatic heterocycles. The van der Waals surface area contributed by atoms with Gasteiger partial charge in [0, 0.05) is 37.4 Å². The van der Waals surface area contributed by atoms with Crippen molar-refractivity contribution in [3.8, 4) is 0 Å². The first-order chi connectivity index (χ1) is 10.4. The molecule has 2 nitrogen and oxygen atoms in total. The van der Waals surface area contributed by atoms with E-state index in [1.54, 1.807) is 11.1 Å². The summed E-state index contributed by atoms with van der Waals surface area (Å²) in [4.78, 5) is 0. The van der Waals surface area contributed by atoms with Crippen LogP contribution >= 0.6 is 0 Å². The first kappa shape index (κ1) is 13.1. The van der Waals surface area contributed by atoms with Gasteiger partial charge >= 0.3 is 0 Å². The van der Waals surface area contributed by atoms with Crippen molar-refractivity contribution < 1.29 is 0 Å². The molecule has 4 rings (SSSR count). The van der Waals surface area contributed by atoms with E-state index < -0.39 is 0 Å². The normalized spacial score (nSPS) is 21.2. The molecule has 2 aromatic rings. The Bertz CT molecular complexity index is 610. The zero-order valence-corrected chi connectivity index (χ0v) is 12.6. The van der Waals surface area contributed by atoms with Gasteiger partial charge < -0.3 is 9.88 Å². The topological polar surface area (TPSA) is 17.0 Å². The third-order valence-corrected chi connectivity index (χ3v) is 4.91. The van der Waals surface area contributed by atoms with Crippen LogP contribution in [0.5, 0.6) is 0 Å². The maximum atomic E-state index is 3.59. The van der Waals surface area contributed by atoms with Gasteiger partial charge in [-0.15, -0.1) is 0 Å². The van der Waals surface area contributed by atoms with Crippen LogP contribution in [-0.4, -0.2) is 10.6 Å². The van der Waals surface area contributed by atoms with Crippen LogP contribution in [0.15, 0.2) is 42.7 Å². The van der Waals surface area contributed by atoms with Crippen LogP contribution < -0.4 is 5.32 Å². The van der Waals surface area contributed by atoms with E-state index in [1.807, 2.05) is 0 Å². The van der Waals surface area contributed by atoms with Gasteiger partial charge in [-0.3, -0.25) is 0 Å². The molecule has 1 fully saturated rings. The fourth-order valence-electron chi connectivity index (χ4n) is 3.56. The van der Waals surface area contributed by atoms with E-state index in [-0.39, 0.29) is 0 Å². The first-order valence-corrected chi connectivity index (χ1v) is 8.34. The summed E-state index contributed by atoms with van der Waals surface area (Å²) in [5.41, 5.74) is 4.57. The minimum atomic E-state index is 0.687. The largest absolute Gasteiger partial charge is 0.353 e. The van der Waals surface area contributed by atoms with Gasteiger partial charge in [-0.1, -0.05) is 24.3 Å². The lowest BCUT2D eigenvalue weighted by Crippen LogP contribution is -2.16. The highest BCUT2D eigenvalue weighted by Crippen LogP contribution is 2.32. The zero-order valence-electron chi connectivity index (χ0n) is 12.6. The van der Waals surface area contributed by atoms with E-state index in [1.165, 1.54) is 37.7 Å². The van der Waals surface area contributed by atoms with Crippen molar-refractivity contribution in [3.05, 3.63) is 59.4 Å². The molecule has 0 radical (unpaired) electrons. The lowest BCUT2D eigenvalue weighted by molar-refractivity contribution is 0.483. The van der Waals surface area contributed by atoms with E-state index in [2.05, 4.69) is 52.6 Å². The maximum Gasteiger partial charge on any atom is 0.0288 e. The summed E-state index contributed by atoms with van der Waals surface area (Å²) in [5, 5.41) is 3.59. The number of aromatic nitrogens is 1. The van der Waals surface area contributed by atoms with Crippen molar-refractivity contribution in [2.24, 2.45) is 0 Å². The number of nitrogens with one attached hydrogen (secondary N) is 1. The second-order valence-electron chi connectivity index (χ2n) is 6.66. The van der Waals surface area contributed by atoms with E-state index in [0.717, 1.165) is 19.1 Å². The van der Waals surface area contributed by atoms with Gasteiger partial charge in [0.05, 0.1) is 0 Å². The van der Waals surface area contributed by atoms with E-state index >= 15 is 0 Å². The van der Waals surface area contributed by atoms with Gasteiger partial charge in [0.25, 0.3) is 0 Å². The molecule has 110 valence electrons. The van der Waals surface area contributed by atoms with Crippen LogP contribution in [0.4, 0.5) is 0 Å². The number of nitrogens with zero attached hydrogens (tertiary/aromatic N) is 1. The van der Waals surface area contributed by atoms with Gasteiger partial charge in [-0.2, -0.15) is 0 Å². The summed E-state index contributed by atoms with van der Waals surface area (Å²) >= 11 is 0. The summed E-state index contributed by atoms with van der Waals surface area (Å²) in [6, 6.07) is 12.1. The van der Waals surface area contributed by atoms with Crippen molar-refractivity contribution in [2.75, 3.05) is 0 Å². The van der Waals surface area contributed by atoms with Crippen molar-refractivity contribution in [3.63, 3.8) is 0 Å². The lowest BCUT2D eigenvalue weighted by atomic mass is 9.83. The fourth-order valence-corrected chi connectivity index (χ4v) is 3.56. The van der Waals surface area contributed by atoms with Gasteiger partial charge in [0.2, 0.25) is 0 Å². The molecule has 1 aromatic heterocycles. The molecule has 2 aliphatic carbocycles. The van der Waals surface area contributed by atoms with Crippen LogP contribution in [-0.2, 0) is 19.5 Å². The Morgan fingerprint density at radius 2 is 2.00 bits per heavy atom. The molecule has 1 aromatic carbocycles. The van der Waals surface area contributed by atoms with Crippen LogP contribution in [0.2, 0.25) is 0 Å². The van der Waals surface area contributed by atoms with Crippen LogP contribution in [0.1, 0.15) is 48.3 Å². The monoisotopic (exact) mass is 280 g/mol. The maximum absolute atomic E-state index is 3.59. The molecule has 0 spiro atoms.